The smallest absolute Gasteiger partial charge is 0.354 e. The lowest BCUT2D eigenvalue weighted by molar-refractivity contribution is 0.0515. The third-order valence-corrected chi connectivity index (χ3v) is 3.67. The molecular weight excluding hydrogens is 254 g/mol. The Kier molecular flexibility index (Phi) is 3.64. The van der Waals surface area contributed by atoms with Crippen LogP contribution in [-0.2, 0) is 20.8 Å². The van der Waals surface area contributed by atoms with Crippen molar-refractivity contribution in [1.82, 2.24) is 4.57 Å². The molecule has 0 fully saturated rings. The lowest BCUT2D eigenvalue weighted by Crippen LogP contribution is -2.10. The van der Waals surface area contributed by atoms with E-state index in [0.717, 1.165) is 0 Å². The maximum absolute atomic E-state index is 11.5. The Balaban J connectivity index is 3.31. The van der Waals surface area contributed by atoms with Gasteiger partial charge in [-0.1, -0.05) is 0 Å². The van der Waals surface area contributed by atoms with Gasteiger partial charge in [-0.15, -0.1) is 0 Å². The second-order valence-electron chi connectivity index (χ2n) is 3.20. The zero-order valence-electron chi connectivity index (χ0n) is 9.15. The molecule has 0 aliphatic carbocycles. The Morgan fingerprint density at radius 1 is 1.56 bits per heavy atom. The number of rotatable bonds is 3. The van der Waals surface area contributed by atoms with Crippen molar-refractivity contribution < 1.29 is 17.9 Å². The molecule has 1 aromatic heterocycles. The minimum absolute atomic E-state index is 0.0697. The van der Waals surface area contributed by atoms with E-state index in [1.807, 2.05) is 0 Å². The summed E-state index contributed by atoms with van der Waals surface area (Å²) in [6, 6.07) is 1.22. The SMILES string of the molecule is CCOC(=O)c1cc(S(=O)(=O)Cl)c(C)n1C. The number of esters is 1. The Morgan fingerprint density at radius 3 is 2.50 bits per heavy atom. The minimum Gasteiger partial charge on any atom is -0.461 e. The molecule has 0 aromatic carbocycles. The van der Waals surface area contributed by atoms with Gasteiger partial charge in [0.2, 0.25) is 0 Å². The van der Waals surface area contributed by atoms with Gasteiger partial charge in [0, 0.05) is 23.4 Å². The van der Waals surface area contributed by atoms with Gasteiger partial charge in [-0.2, -0.15) is 0 Å². The van der Waals surface area contributed by atoms with Gasteiger partial charge in [0.25, 0.3) is 9.05 Å². The summed E-state index contributed by atoms with van der Waals surface area (Å²) in [5.74, 6) is -0.570. The maximum Gasteiger partial charge on any atom is 0.354 e. The number of hydrogen-bond acceptors (Lipinski definition) is 4. The molecule has 0 saturated carbocycles. The van der Waals surface area contributed by atoms with E-state index >= 15 is 0 Å². The molecule has 1 aromatic rings. The summed E-state index contributed by atoms with van der Waals surface area (Å²) >= 11 is 0. The lowest BCUT2D eigenvalue weighted by Gasteiger charge is -2.03. The lowest BCUT2D eigenvalue weighted by atomic mass is 10.4. The number of aromatic nitrogens is 1. The standard InChI is InChI=1S/C9H12ClNO4S/c1-4-15-9(12)7-5-8(16(10,13)14)6(2)11(7)3/h5H,4H2,1-3H3. The Labute approximate surface area is 98.4 Å². The van der Waals surface area contributed by atoms with Crippen LogP contribution in [0.25, 0.3) is 0 Å². The highest BCUT2D eigenvalue weighted by molar-refractivity contribution is 8.13. The van der Waals surface area contributed by atoms with Crippen LogP contribution >= 0.6 is 10.7 Å². The molecule has 0 aliphatic rings. The zero-order chi connectivity index (χ0) is 12.5. The molecule has 0 bridgehead atoms. The van der Waals surface area contributed by atoms with Crippen LogP contribution in [0.5, 0.6) is 0 Å². The van der Waals surface area contributed by atoms with Crippen molar-refractivity contribution in [2.24, 2.45) is 7.05 Å². The van der Waals surface area contributed by atoms with Crippen LogP contribution < -0.4 is 0 Å². The average Bonchev–Trinajstić information content (AvgIpc) is 2.44. The van der Waals surface area contributed by atoms with E-state index in [9.17, 15) is 13.2 Å². The number of nitrogens with zero attached hydrogens (tertiary/aromatic N) is 1. The van der Waals surface area contributed by atoms with Gasteiger partial charge < -0.3 is 9.30 Å². The minimum atomic E-state index is -3.84. The van der Waals surface area contributed by atoms with Crippen LogP contribution in [0.1, 0.15) is 23.1 Å². The van der Waals surface area contributed by atoms with Crippen molar-refractivity contribution in [3.8, 4) is 0 Å². The van der Waals surface area contributed by atoms with Crippen molar-refractivity contribution in [3.63, 3.8) is 0 Å². The monoisotopic (exact) mass is 265 g/mol. The highest BCUT2D eigenvalue weighted by Crippen LogP contribution is 2.23. The first-order valence-electron chi connectivity index (χ1n) is 4.57. The first-order valence-corrected chi connectivity index (χ1v) is 6.88. The molecule has 0 unspecified atom stereocenters. The Morgan fingerprint density at radius 2 is 2.12 bits per heavy atom. The van der Waals surface area contributed by atoms with Crippen molar-refractivity contribution in [2.45, 2.75) is 18.7 Å². The molecule has 1 rings (SSSR count). The van der Waals surface area contributed by atoms with Crippen molar-refractivity contribution in [3.05, 3.63) is 17.5 Å². The van der Waals surface area contributed by atoms with Crippen molar-refractivity contribution >= 4 is 25.7 Å². The highest BCUT2D eigenvalue weighted by atomic mass is 35.7. The van der Waals surface area contributed by atoms with Crippen LogP contribution in [0.3, 0.4) is 0 Å². The van der Waals surface area contributed by atoms with Crippen molar-refractivity contribution in [2.75, 3.05) is 6.61 Å². The van der Waals surface area contributed by atoms with Gasteiger partial charge in [-0.25, -0.2) is 13.2 Å². The van der Waals surface area contributed by atoms with Crippen LogP contribution in [0, 0.1) is 6.92 Å². The summed E-state index contributed by atoms with van der Waals surface area (Å²) in [6.45, 7) is 3.47. The van der Waals surface area contributed by atoms with E-state index in [4.69, 9.17) is 15.4 Å². The number of carbonyl (C=O) groups is 1. The quantitative estimate of drug-likeness (QED) is 0.613. The molecule has 5 nitrogen and oxygen atoms in total. The molecule has 0 saturated heterocycles. The van der Waals surface area contributed by atoms with E-state index in [1.54, 1.807) is 20.9 Å². The molecule has 0 radical (unpaired) electrons. The summed E-state index contributed by atoms with van der Waals surface area (Å²) < 4.78 is 28.6. The van der Waals surface area contributed by atoms with Gasteiger partial charge in [-0.05, 0) is 19.9 Å². The van der Waals surface area contributed by atoms with Crippen LogP contribution in [0.2, 0.25) is 0 Å². The normalized spacial score (nSPS) is 11.5. The number of carbonyl (C=O) groups excluding carboxylic acids is 1. The molecule has 0 N–H and O–H groups in total. The average molecular weight is 266 g/mol. The maximum atomic E-state index is 11.5. The molecule has 1 heterocycles. The molecule has 90 valence electrons. The largest absolute Gasteiger partial charge is 0.461 e. The van der Waals surface area contributed by atoms with Crippen LogP contribution in [-0.4, -0.2) is 25.6 Å². The molecule has 0 spiro atoms. The molecule has 0 aliphatic heterocycles. The number of halogens is 1. The third kappa shape index (κ3) is 2.38. The zero-order valence-corrected chi connectivity index (χ0v) is 10.7. The predicted octanol–water partition coefficient (Wildman–Crippen LogP) is 1.44. The summed E-state index contributed by atoms with van der Waals surface area (Å²) in [4.78, 5) is 11.4. The molecule has 0 amide bonds. The van der Waals surface area contributed by atoms with Crippen molar-refractivity contribution in [1.29, 1.82) is 0 Å². The van der Waals surface area contributed by atoms with Gasteiger partial charge in [0.15, 0.2) is 0 Å². The van der Waals surface area contributed by atoms with E-state index in [-0.39, 0.29) is 17.2 Å². The van der Waals surface area contributed by atoms with Crippen LogP contribution in [0.4, 0.5) is 0 Å². The summed E-state index contributed by atoms with van der Waals surface area (Å²) in [5, 5.41) is 0. The molecule has 0 atom stereocenters. The van der Waals surface area contributed by atoms with E-state index in [2.05, 4.69) is 0 Å². The first kappa shape index (κ1) is 13.1. The topological polar surface area (TPSA) is 65.4 Å². The second-order valence-corrected chi connectivity index (χ2v) is 5.73. The number of ether oxygens (including phenoxy) is 1. The fraction of sp³-hybridized carbons (Fsp3) is 0.444. The van der Waals surface area contributed by atoms with Gasteiger partial charge >= 0.3 is 5.97 Å². The Bertz CT molecular complexity index is 518. The summed E-state index contributed by atoms with van der Waals surface area (Å²) in [7, 11) is 2.97. The fourth-order valence-corrected chi connectivity index (χ4v) is 2.53. The van der Waals surface area contributed by atoms with Gasteiger partial charge in [0.05, 0.1) is 6.61 Å². The third-order valence-electron chi connectivity index (χ3n) is 2.24. The van der Waals surface area contributed by atoms with Crippen LogP contribution in [0.15, 0.2) is 11.0 Å². The number of hydrogen-bond donors (Lipinski definition) is 0. The molecular formula is C9H12ClNO4S. The fourth-order valence-electron chi connectivity index (χ4n) is 1.32. The van der Waals surface area contributed by atoms with E-state index < -0.39 is 15.0 Å². The second kappa shape index (κ2) is 4.47. The first-order chi connectivity index (χ1) is 7.29. The van der Waals surface area contributed by atoms with E-state index in [1.165, 1.54) is 10.6 Å². The summed E-state index contributed by atoms with van der Waals surface area (Å²) in [6.07, 6.45) is 0. The highest BCUT2D eigenvalue weighted by Gasteiger charge is 2.23. The molecule has 7 heteroatoms. The Hall–Kier alpha value is -1.01. The summed E-state index contributed by atoms with van der Waals surface area (Å²) in [5.41, 5.74) is 0.566. The predicted molar refractivity (Wildman–Crippen MR) is 59.1 cm³/mol. The van der Waals surface area contributed by atoms with Gasteiger partial charge in [0.1, 0.15) is 10.6 Å². The van der Waals surface area contributed by atoms with Gasteiger partial charge in [-0.3, -0.25) is 0 Å². The molecule has 16 heavy (non-hydrogen) atoms. The van der Waals surface area contributed by atoms with E-state index in [0.29, 0.717) is 5.69 Å².